The Hall–Kier alpha value is -1.83. The third-order valence-corrected chi connectivity index (χ3v) is 7.24. The van der Waals surface area contributed by atoms with Gasteiger partial charge in [-0.3, -0.25) is 14.5 Å². The summed E-state index contributed by atoms with van der Waals surface area (Å²) in [7, 11) is 1.45. The Labute approximate surface area is 186 Å². The van der Waals surface area contributed by atoms with Crippen molar-refractivity contribution in [2.75, 3.05) is 33.2 Å². The van der Waals surface area contributed by atoms with E-state index in [1.54, 1.807) is 23.1 Å². The second-order valence-electron chi connectivity index (χ2n) is 8.00. The van der Waals surface area contributed by atoms with Gasteiger partial charge in [0.2, 0.25) is 5.91 Å². The first kappa shape index (κ1) is 22.8. The molecule has 7 nitrogen and oxygen atoms in total. The monoisotopic (exact) mass is 455 g/mol. The Morgan fingerprint density at radius 3 is 2.47 bits per heavy atom. The third-order valence-electron chi connectivity index (χ3n) is 6.50. The Morgan fingerprint density at radius 1 is 1.23 bits per heavy atom. The number of halogens is 2. The number of likely N-dealkylation sites (N-methyl/N-ethyl adjacent to an activating group) is 1. The second kappa shape index (κ2) is 9.12. The first-order valence-corrected chi connectivity index (χ1v) is 10.9. The molecule has 2 aliphatic rings. The van der Waals surface area contributed by atoms with E-state index in [0.29, 0.717) is 48.9 Å². The summed E-state index contributed by atoms with van der Waals surface area (Å²) >= 11 is 12.3. The summed E-state index contributed by atoms with van der Waals surface area (Å²) in [6, 6.07) is 5.18. The van der Waals surface area contributed by atoms with Crippen LogP contribution in [0.4, 0.5) is 4.79 Å². The molecule has 0 spiro atoms. The molecule has 30 heavy (non-hydrogen) atoms. The fourth-order valence-corrected chi connectivity index (χ4v) is 5.04. The topological polar surface area (TPSA) is 90.0 Å². The van der Waals surface area contributed by atoms with Gasteiger partial charge in [0.05, 0.1) is 10.0 Å². The highest BCUT2D eigenvalue weighted by Gasteiger charge is 2.56. The molecule has 3 rings (SSSR count). The number of benzene rings is 1. The Morgan fingerprint density at radius 2 is 1.90 bits per heavy atom. The quantitative estimate of drug-likeness (QED) is 0.710. The second-order valence-corrected chi connectivity index (χ2v) is 8.81. The fourth-order valence-electron chi connectivity index (χ4n) is 4.74. The lowest BCUT2D eigenvalue weighted by atomic mass is 9.72. The highest BCUT2D eigenvalue weighted by molar-refractivity contribution is 6.42. The summed E-state index contributed by atoms with van der Waals surface area (Å²) in [5, 5.41) is 13.8. The molecule has 164 valence electrons. The Balaban J connectivity index is 1.94. The van der Waals surface area contributed by atoms with Crippen LogP contribution in [-0.2, 0) is 9.59 Å². The van der Waals surface area contributed by atoms with Gasteiger partial charge in [-0.1, -0.05) is 36.2 Å². The maximum absolute atomic E-state index is 13.8. The number of carboxylic acid groups (broad SMARTS) is 1. The minimum absolute atomic E-state index is 0.0782. The highest BCUT2D eigenvalue weighted by Crippen LogP contribution is 2.41. The van der Waals surface area contributed by atoms with Crippen LogP contribution in [-0.4, -0.2) is 71.5 Å². The molecular weight excluding hydrogens is 429 g/mol. The molecule has 2 amide bonds. The smallest absolute Gasteiger partial charge is 0.407 e. The van der Waals surface area contributed by atoms with E-state index in [1.165, 1.54) is 7.05 Å². The number of carbonyl (C=O) groups is 3. The van der Waals surface area contributed by atoms with E-state index in [-0.39, 0.29) is 24.2 Å². The van der Waals surface area contributed by atoms with Gasteiger partial charge in [-0.2, -0.15) is 0 Å². The molecule has 2 heterocycles. The van der Waals surface area contributed by atoms with E-state index in [4.69, 9.17) is 23.2 Å². The summed E-state index contributed by atoms with van der Waals surface area (Å²) in [5.41, 5.74) is -0.473. The molecule has 2 atom stereocenters. The molecular formula is C21H27Cl2N3O4. The van der Waals surface area contributed by atoms with Crippen LogP contribution in [0.5, 0.6) is 0 Å². The molecule has 0 bridgehead atoms. The molecule has 9 heteroatoms. The number of piperidine rings is 1. The number of ketones is 1. The molecule has 2 saturated heterocycles. The van der Waals surface area contributed by atoms with Gasteiger partial charge < -0.3 is 15.3 Å². The van der Waals surface area contributed by atoms with Gasteiger partial charge in [0.15, 0.2) is 5.78 Å². The predicted molar refractivity (Wildman–Crippen MR) is 115 cm³/mol. The average molecular weight is 456 g/mol. The van der Waals surface area contributed by atoms with Crippen LogP contribution in [0.25, 0.3) is 0 Å². The van der Waals surface area contributed by atoms with Crippen LogP contribution >= 0.6 is 23.2 Å². The molecule has 1 aromatic rings. The average Bonchev–Trinajstić information content (AvgIpc) is 3.20. The Kier molecular flexibility index (Phi) is 6.95. The lowest BCUT2D eigenvalue weighted by Crippen LogP contribution is -2.62. The molecule has 0 aliphatic carbocycles. The first-order chi connectivity index (χ1) is 14.2. The maximum atomic E-state index is 13.8. The van der Waals surface area contributed by atoms with Gasteiger partial charge in [-0.15, -0.1) is 0 Å². The standard InChI is InChI=1S/C21H27Cl2N3O4/c1-3-18(27)26-8-6-13(7-9-26)19(28)21(25(2)20(29)30)12-24-11-15(21)14-4-5-16(22)17(23)10-14/h4-5,10,13,15,24H,3,6-9,11-12H2,1-2H3,(H,29,30)/t15-,21+/m1/s1. The highest BCUT2D eigenvalue weighted by atomic mass is 35.5. The van der Waals surface area contributed by atoms with Crippen molar-refractivity contribution in [2.45, 2.75) is 37.6 Å². The molecule has 0 unspecified atom stereocenters. The van der Waals surface area contributed by atoms with E-state index >= 15 is 0 Å². The largest absolute Gasteiger partial charge is 0.465 e. The number of hydrogen-bond donors (Lipinski definition) is 2. The predicted octanol–water partition coefficient (Wildman–Crippen LogP) is 3.25. The molecule has 2 fully saturated rings. The van der Waals surface area contributed by atoms with Gasteiger partial charge in [-0.05, 0) is 30.5 Å². The number of carbonyl (C=O) groups excluding carboxylic acids is 2. The van der Waals surface area contributed by atoms with Crippen molar-refractivity contribution in [3.8, 4) is 0 Å². The summed E-state index contributed by atoms with van der Waals surface area (Å²) in [6.07, 6.45) is 0.353. The molecule has 0 saturated carbocycles. The minimum Gasteiger partial charge on any atom is -0.465 e. The number of rotatable bonds is 5. The maximum Gasteiger partial charge on any atom is 0.407 e. The van der Waals surface area contributed by atoms with E-state index in [1.807, 2.05) is 6.92 Å². The summed E-state index contributed by atoms with van der Waals surface area (Å²) < 4.78 is 0. The Bertz CT molecular complexity index is 842. The van der Waals surface area contributed by atoms with Crippen LogP contribution in [0.2, 0.25) is 10.0 Å². The van der Waals surface area contributed by atoms with Crippen molar-refractivity contribution in [2.24, 2.45) is 5.92 Å². The molecule has 0 aromatic heterocycles. The van der Waals surface area contributed by atoms with Crippen molar-refractivity contribution in [3.63, 3.8) is 0 Å². The minimum atomic E-state index is -1.25. The van der Waals surface area contributed by atoms with Crippen molar-refractivity contribution in [1.82, 2.24) is 15.1 Å². The van der Waals surface area contributed by atoms with Crippen LogP contribution in [0.1, 0.15) is 37.7 Å². The summed E-state index contributed by atoms with van der Waals surface area (Å²) in [6.45, 7) is 3.53. The number of hydrogen-bond acceptors (Lipinski definition) is 4. The molecule has 1 aromatic carbocycles. The first-order valence-electron chi connectivity index (χ1n) is 10.2. The van der Waals surface area contributed by atoms with Gasteiger partial charge >= 0.3 is 6.09 Å². The van der Waals surface area contributed by atoms with Crippen LogP contribution in [0.3, 0.4) is 0 Å². The van der Waals surface area contributed by atoms with Gasteiger partial charge in [-0.25, -0.2) is 4.79 Å². The van der Waals surface area contributed by atoms with Crippen molar-refractivity contribution in [1.29, 1.82) is 0 Å². The number of likely N-dealkylation sites (tertiary alicyclic amines) is 1. The molecule has 0 radical (unpaired) electrons. The zero-order valence-corrected chi connectivity index (χ0v) is 18.7. The fraction of sp³-hybridized carbons (Fsp3) is 0.571. The van der Waals surface area contributed by atoms with Crippen LogP contribution in [0.15, 0.2) is 18.2 Å². The van der Waals surface area contributed by atoms with Crippen LogP contribution in [0, 0.1) is 5.92 Å². The number of Topliss-reactive ketones (excluding diaryl/α,β-unsaturated/α-hetero) is 1. The van der Waals surface area contributed by atoms with Crippen molar-refractivity contribution in [3.05, 3.63) is 33.8 Å². The summed E-state index contributed by atoms with van der Waals surface area (Å²) in [4.78, 5) is 40.7. The number of nitrogens with zero attached hydrogens (tertiary/aromatic N) is 2. The molecule has 2 N–H and O–H groups in total. The number of nitrogens with one attached hydrogen (secondary N) is 1. The summed E-state index contributed by atoms with van der Waals surface area (Å²) in [5.74, 6) is -0.722. The lowest BCUT2D eigenvalue weighted by molar-refractivity contribution is -0.139. The van der Waals surface area contributed by atoms with Gasteiger partial charge in [0, 0.05) is 51.5 Å². The zero-order chi connectivity index (χ0) is 22.1. The van der Waals surface area contributed by atoms with Gasteiger partial charge in [0.1, 0.15) is 5.54 Å². The number of amides is 2. The van der Waals surface area contributed by atoms with E-state index in [2.05, 4.69) is 5.32 Å². The van der Waals surface area contributed by atoms with Crippen molar-refractivity contribution < 1.29 is 19.5 Å². The SMILES string of the molecule is CCC(=O)N1CCC(C(=O)[C@]2(N(C)C(=O)O)CNC[C@@H]2c2ccc(Cl)c(Cl)c2)CC1. The van der Waals surface area contributed by atoms with E-state index < -0.39 is 17.6 Å². The molecule has 2 aliphatic heterocycles. The van der Waals surface area contributed by atoms with Gasteiger partial charge in [0.25, 0.3) is 0 Å². The lowest BCUT2D eigenvalue weighted by Gasteiger charge is -2.43. The van der Waals surface area contributed by atoms with Crippen molar-refractivity contribution >= 4 is 41.0 Å². The zero-order valence-electron chi connectivity index (χ0n) is 17.2. The normalized spacial score (nSPS) is 24.7. The van der Waals surface area contributed by atoms with Crippen LogP contribution < -0.4 is 5.32 Å². The van der Waals surface area contributed by atoms with E-state index in [9.17, 15) is 19.5 Å². The third kappa shape index (κ3) is 4.03. The van der Waals surface area contributed by atoms with E-state index in [0.717, 1.165) is 10.5 Å².